The summed E-state index contributed by atoms with van der Waals surface area (Å²) in [6.07, 6.45) is 1.51. The Bertz CT molecular complexity index is 1600. The highest BCUT2D eigenvalue weighted by Crippen LogP contribution is 2.42. The van der Waals surface area contributed by atoms with Gasteiger partial charge in [0.1, 0.15) is 17.5 Å². The van der Waals surface area contributed by atoms with Crippen LogP contribution in [0.3, 0.4) is 0 Å². The molecular formula is C26H19Br2ClN4O3. The summed E-state index contributed by atoms with van der Waals surface area (Å²) in [5.41, 5.74) is 2.12. The van der Waals surface area contributed by atoms with Crippen molar-refractivity contribution in [1.82, 2.24) is 9.66 Å². The third-order valence-electron chi connectivity index (χ3n) is 5.25. The second-order valence-electron chi connectivity index (χ2n) is 7.59. The number of halogens is 3. The van der Waals surface area contributed by atoms with Crippen molar-refractivity contribution in [2.75, 3.05) is 6.61 Å². The van der Waals surface area contributed by atoms with Gasteiger partial charge in [0.2, 0.25) is 0 Å². The zero-order chi connectivity index (χ0) is 25.8. The lowest BCUT2D eigenvalue weighted by atomic mass is 10.1. The van der Waals surface area contributed by atoms with Gasteiger partial charge < -0.3 is 9.47 Å². The Morgan fingerprint density at radius 1 is 1.19 bits per heavy atom. The molecule has 10 heteroatoms. The fourth-order valence-electron chi connectivity index (χ4n) is 3.52. The van der Waals surface area contributed by atoms with Crippen LogP contribution in [-0.2, 0) is 6.61 Å². The summed E-state index contributed by atoms with van der Waals surface area (Å²) in [7, 11) is 0. The second kappa shape index (κ2) is 11.2. The van der Waals surface area contributed by atoms with Crippen LogP contribution in [0.1, 0.15) is 29.4 Å². The molecule has 7 nitrogen and oxygen atoms in total. The molecule has 4 aromatic rings. The molecule has 0 saturated heterocycles. The van der Waals surface area contributed by atoms with Gasteiger partial charge in [0, 0.05) is 20.1 Å². The number of fused-ring (bicyclic) bond motifs is 1. The van der Waals surface area contributed by atoms with Crippen molar-refractivity contribution >= 4 is 60.6 Å². The average molecular weight is 631 g/mol. The molecule has 0 saturated carbocycles. The van der Waals surface area contributed by atoms with Crippen LogP contribution in [0.15, 0.2) is 67.4 Å². The Balaban J connectivity index is 1.72. The fraction of sp³-hybridized carbons (Fsp3) is 0.154. The van der Waals surface area contributed by atoms with Crippen molar-refractivity contribution in [2.24, 2.45) is 5.10 Å². The van der Waals surface area contributed by atoms with Crippen molar-refractivity contribution in [3.63, 3.8) is 0 Å². The number of benzene rings is 3. The molecule has 0 N–H and O–H groups in total. The Hall–Kier alpha value is -3.19. The number of hydrogen-bond donors (Lipinski definition) is 0. The fourth-order valence-corrected chi connectivity index (χ4v) is 4.53. The highest BCUT2D eigenvalue weighted by molar-refractivity contribution is 9.10. The molecule has 0 fully saturated rings. The van der Waals surface area contributed by atoms with E-state index in [0.717, 1.165) is 10.0 Å². The van der Waals surface area contributed by atoms with Crippen LogP contribution < -0.4 is 15.0 Å². The van der Waals surface area contributed by atoms with Crippen molar-refractivity contribution in [2.45, 2.75) is 20.5 Å². The summed E-state index contributed by atoms with van der Waals surface area (Å²) < 4.78 is 14.3. The van der Waals surface area contributed by atoms with Gasteiger partial charge in [0.25, 0.3) is 5.56 Å². The molecule has 0 unspecified atom stereocenters. The number of hydrogen-bond acceptors (Lipinski definition) is 6. The van der Waals surface area contributed by atoms with Crippen LogP contribution in [0.2, 0.25) is 5.02 Å². The first-order chi connectivity index (χ1) is 17.3. The van der Waals surface area contributed by atoms with E-state index in [2.05, 4.69) is 48.0 Å². The summed E-state index contributed by atoms with van der Waals surface area (Å²) in [6, 6.07) is 16.4. The third-order valence-corrected chi connectivity index (χ3v) is 7.18. The Labute approximate surface area is 229 Å². The third kappa shape index (κ3) is 5.31. The van der Waals surface area contributed by atoms with E-state index in [9.17, 15) is 10.1 Å². The van der Waals surface area contributed by atoms with Crippen LogP contribution in [0, 0.1) is 18.3 Å². The normalized spacial score (nSPS) is 11.1. The van der Waals surface area contributed by atoms with Crippen LogP contribution in [0.4, 0.5) is 0 Å². The van der Waals surface area contributed by atoms with E-state index in [1.165, 1.54) is 10.9 Å². The zero-order valence-corrected chi connectivity index (χ0v) is 23.2. The number of rotatable bonds is 7. The number of aromatic nitrogens is 2. The molecule has 1 heterocycles. The van der Waals surface area contributed by atoms with E-state index in [1.807, 2.05) is 25.1 Å². The van der Waals surface area contributed by atoms with Crippen LogP contribution >= 0.6 is 43.5 Å². The summed E-state index contributed by atoms with van der Waals surface area (Å²) in [4.78, 5) is 17.5. The highest BCUT2D eigenvalue weighted by Gasteiger charge is 2.18. The maximum atomic E-state index is 13.1. The molecule has 182 valence electrons. The second-order valence-corrected chi connectivity index (χ2v) is 9.68. The predicted molar refractivity (Wildman–Crippen MR) is 147 cm³/mol. The average Bonchev–Trinajstić information content (AvgIpc) is 2.87. The molecule has 0 aliphatic carbocycles. The zero-order valence-electron chi connectivity index (χ0n) is 19.3. The minimum absolute atomic E-state index is 0.135. The Kier molecular flexibility index (Phi) is 8.09. The van der Waals surface area contributed by atoms with E-state index in [0.29, 0.717) is 50.4 Å². The number of aryl methyl sites for hydroxylation is 1. The highest BCUT2D eigenvalue weighted by atomic mass is 79.9. The molecule has 3 aromatic carbocycles. The summed E-state index contributed by atoms with van der Waals surface area (Å²) in [5.74, 6) is 1.18. The molecule has 36 heavy (non-hydrogen) atoms. The standard InChI is InChI=1S/C26H19Br2ClN4O3/c1-3-35-22-10-18(13-31-33-15(2)32-21-9-8-19(27)11-20(21)26(33)34)23(28)24(29)25(22)36-14-17-7-5-4-6-16(17)12-30/h4-11,13H,3,14H2,1-2H3. The molecule has 1 aromatic heterocycles. The van der Waals surface area contributed by atoms with Crippen LogP contribution in [0.5, 0.6) is 11.5 Å². The first kappa shape index (κ1) is 25.9. The van der Waals surface area contributed by atoms with Gasteiger partial charge >= 0.3 is 0 Å². The van der Waals surface area contributed by atoms with E-state index < -0.39 is 0 Å². The minimum atomic E-state index is -0.293. The van der Waals surface area contributed by atoms with Crippen molar-refractivity contribution < 1.29 is 9.47 Å². The lowest BCUT2D eigenvalue weighted by Gasteiger charge is -2.16. The van der Waals surface area contributed by atoms with Gasteiger partial charge in [0.05, 0.1) is 35.4 Å². The van der Waals surface area contributed by atoms with Crippen LogP contribution in [0.25, 0.3) is 10.9 Å². The van der Waals surface area contributed by atoms with E-state index in [4.69, 9.17) is 21.1 Å². The molecule has 0 aliphatic heterocycles. The smallest absolute Gasteiger partial charge is 0.282 e. The molecule has 0 aliphatic rings. The predicted octanol–water partition coefficient (Wildman–Crippen LogP) is 6.61. The first-order valence-electron chi connectivity index (χ1n) is 10.8. The molecule has 0 spiro atoms. The Morgan fingerprint density at radius 3 is 2.72 bits per heavy atom. The molecule has 0 bridgehead atoms. The van der Waals surface area contributed by atoms with Crippen LogP contribution in [-0.4, -0.2) is 22.5 Å². The lowest BCUT2D eigenvalue weighted by Crippen LogP contribution is -2.20. The Morgan fingerprint density at radius 2 is 1.97 bits per heavy atom. The molecule has 0 radical (unpaired) electrons. The SMILES string of the molecule is CCOc1cc(C=Nn2c(C)nc3ccc(Br)cc3c2=O)c(Br)c(Cl)c1OCc1ccccc1C#N. The molecule has 4 rings (SSSR count). The summed E-state index contributed by atoms with van der Waals surface area (Å²) >= 11 is 13.6. The van der Waals surface area contributed by atoms with Crippen molar-refractivity contribution in [1.29, 1.82) is 5.26 Å². The summed E-state index contributed by atoms with van der Waals surface area (Å²) in [6.45, 7) is 4.07. The number of ether oxygens (including phenoxy) is 2. The molecule has 0 atom stereocenters. The maximum Gasteiger partial charge on any atom is 0.282 e. The molecular weight excluding hydrogens is 612 g/mol. The lowest BCUT2D eigenvalue weighted by molar-refractivity contribution is 0.269. The van der Waals surface area contributed by atoms with Gasteiger partial charge in [-0.1, -0.05) is 45.7 Å². The van der Waals surface area contributed by atoms with Crippen molar-refractivity contribution in [3.8, 4) is 17.6 Å². The molecule has 0 amide bonds. The number of nitriles is 1. The first-order valence-corrected chi connectivity index (χ1v) is 12.8. The summed E-state index contributed by atoms with van der Waals surface area (Å²) in [5, 5.41) is 14.5. The van der Waals surface area contributed by atoms with Crippen molar-refractivity contribution in [3.05, 3.63) is 95.4 Å². The quantitative estimate of drug-likeness (QED) is 0.214. The van der Waals surface area contributed by atoms with E-state index >= 15 is 0 Å². The van der Waals surface area contributed by atoms with Gasteiger partial charge in [-0.05, 0) is 60.1 Å². The van der Waals surface area contributed by atoms with Gasteiger partial charge in [-0.2, -0.15) is 15.0 Å². The maximum absolute atomic E-state index is 13.1. The van der Waals surface area contributed by atoms with Gasteiger partial charge in [-0.15, -0.1) is 0 Å². The minimum Gasteiger partial charge on any atom is -0.490 e. The van der Waals surface area contributed by atoms with Gasteiger partial charge in [-0.25, -0.2) is 4.98 Å². The van der Waals surface area contributed by atoms with Gasteiger partial charge in [0.15, 0.2) is 11.5 Å². The topological polar surface area (TPSA) is 89.5 Å². The van der Waals surface area contributed by atoms with E-state index in [-0.39, 0.29) is 17.2 Å². The number of nitrogens with zero attached hydrogens (tertiary/aromatic N) is 4. The largest absolute Gasteiger partial charge is 0.490 e. The van der Waals surface area contributed by atoms with Gasteiger partial charge in [-0.3, -0.25) is 4.79 Å². The monoisotopic (exact) mass is 628 g/mol. The van der Waals surface area contributed by atoms with E-state index in [1.54, 1.807) is 37.3 Å².